The first-order valence-electron chi connectivity index (χ1n) is 7.87. The van der Waals surface area contributed by atoms with Gasteiger partial charge in [-0.2, -0.15) is 5.10 Å². The SMILES string of the molecule is Cc1ccc(Cn2nc(C)c(/C=C/C(=O)Nc3nncs3)c2C)cc1. The summed E-state index contributed by atoms with van der Waals surface area (Å²) in [6.45, 7) is 6.73. The third-order valence-electron chi connectivity index (χ3n) is 3.88. The zero-order chi connectivity index (χ0) is 17.8. The highest BCUT2D eigenvalue weighted by Crippen LogP contribution is 2.17. The van der Waals surface area contributed by atoms with E-state index >= 15 is 0 Å². The van der Waals surface area contributed by atoms with Crippen LogP contribution in [0, 0.1) is 20.8 Å². The van der Waals surface area contributed by atoms with Gasteiger partial charge in [0.1, 0.15) is 5.51 Å². The van der Waals surface area contributed by atoms with Crippen molar-refractivity contribution in [2.75, 3.05) is 5.32 Å². The van der Waals surface area contributed by atoms with Gasteiger partial charge in [0, 0.05) is 17.3 Å². The van der Waals surface area contributed by atoms with Gasteiger partial charge >= 0.3 is 0 Å². The number of benzene rings is 1. The number of carbonyl (C=O) groups excluding carboxylic acids is 1. The van der Waals surface area contributed by atoms with E-state index in [9.17, 15) is 4.79 Å². The van der Waals surface area contributed by atoms with Crippen LogP contribution in [0.4, 0.5) is 5.13 Å². The second kappa shape index (κ2) is 7.40. The van der Waals surface area contributed by atoms with E-state index in [1.165, 1.54) is 28.5 Å². The number of hydrogen-bond donors (Lipinski definition) is 1. The first-order valence-corrected chi connectivity index (χ1v) is 8.75. The molecular weight excluding hydrogens is 334 g/mol. The maximum atomic E-state index is 11.9. The van der Waals surface area contributed by atoms with Gasteiger partial charge in [0.05, 0.1) is 12.2 Å². The van der Waals surface area contributed by atoms with Crippen LogP contribution in [0.5, 0.6) is 0 Å². The second-order valence-corrected chi connectivity index (χ2v) is 6.63. The van der Waals surface area contributed by atoms with Crippen LogP contribution in [-0.4, -0.2) is 25.9 Å². The Kier molecular flexibility index (Phi) is 5.04. The van der Waals surface area contributed by atoms with Crippen molar-refractivity contribution < 1.29 is 4.79 Å². The van der Waals surface area contributed by atoms with Crippen LogP contribution in [0.2, 0.25) is 0 Å². The number of anilines is 1. The third-order valence-corrected chi connectivity index (χ3v) is 4.49. The predicted molar refractivity (Wildman–Crippen MR) is 99.6 cm³/mol. The molecule has 128 valence electrons. The van der Waals surface area contributed by atoms with Gasteiger partial charge in [-0.1, -0.05) is 41.2 Å². The Hall–Kier alpha value is -2.80. The van der Waals surface area contributed by atoms with Crippen LogP contribution >= 0.6 is 11.3 Å². The third kappa shape index (κ3) is 4.19. The van der Waals surface area contributed by atoms with Crippen molar-refractivity contribution in [3.05, 3.63) is 63.9 Å². The monoisotopic (exact) mass is 353 g/mol. The van der Waals surface area contributed by atoms with E-state index in [1.54, 1.807) is 11.6 Å². The first kappa shape index (κ1) is 17.0. The van der Waals surface area contributed by atoms with Gasteiger partial charge in [-0.15, -0.1) is 10.2 Å². The highest BCUT2D eigenvalue weighted by atomic mass is 32.1. The van der Waals surface area contributed by atoms with E-state index < -0.39 is 0 Å². The fourth-order valence-electron chi connectivity index (χ4n) is 2.51. The van der Waals surface area contributed by atoms with Gasteiger partial charge in [0.25, 0.3) is 0 Å². The Balaban J connectivity index is 1.73. The van der Waals surface area contributed by atoms with E-state index in [-0.39, 0.29) is 5.91 Å². The van der Waals surface area contributed by atoms with E-state index in [4.69, 9.17) is 0 Å². The molecule has 0 bridgehead atoms. The van der Waals surface area contributed by atoms with Crippen LogP contribution in [0.1, 0.15) is 28.1 Å². The highest BCUT2D eigenvalue weighted by Gasteiger charge is 2.10. The van der Waals surface area contributed by atoms with Crippen molar-refractivity contribution in [1.82, 2.24) is 20.0 Å². The lowest BCUT2D eigenvalue weighted by Crippen LogP contribution is -2.07. The van der Waals surface area contributed by atoms with Crippen LogP contribution in [0.3, 0.4) is 0 Å². The van der Waals surface area contributed by atoms with Crippen LogP contribution in [0.15, 0.2) is 35.9 Å². The molecular formula is C18H19N5OS. The minimum atomic E-state index is -0.234. The maximum absolute atomic E-state index is 11.9. The molecule has 0 fully saturated rings. The van der Waals surface area contributed by atoms with Crippen molar-refractivity contribution in [3.63, 3.8) is 0 Å². The molecule has 3 rings (SSSR count). The Morgan fingerprint density at radius 3 is 2.68 bits per heavy atom. The Bertz CT molecular complexity index is 894. The van der Waals surface area contributed by atoms with Crippen molar-refractivity contribution >= 4 is 28.5 Å². The number of aromatic nitrogens is 4. The molecule has 0 aliphatic carbocycles. The molecule has 0 atom stereocenters. The quantitative estimate of drug-likeness (QED) is 0.714. The lowest BCUT2D eigenvalue weighted by Gasteiger charge is -2.05. The lowest BCUT2D eigenvalue weighted by atomic mass is 10.1. The number of aryl methyl sites for hydroxylation is 2. The molecule has 0 spiro atoms. The summed E-state index contributed by atoms with van der Waals surface area (Å²) in [7, 11) is 0. The summed E-state index contributed by atoms with van der Waals surface area (Å²) < 4.78 is 1.96. The summed E-state index contributed by atoms with van der Waals surface area (Å²) in [5.41, 5.74) is 6.88. The molecule has 0 saturated heterocycles. The average Bonchev–Trinajstić information content (AvgIpc) is 3.17. The van der Waals surface area contributed by atoms with Gasteiger partial charge < -0.3 is 0 Å². The summed E-state index contributed by atoms with van der Waals surface area (Å²) in [4.78, 5) is 11.9. The Morgan fingerprint density at radius 2 is 2.00 bits per heavy atom. The molecule has 0 saturated carbocycles. The lowest BCUT2D eigenvalue weighted by molar-refractivity contribution is -0.111. The van der Waals surface area contributed by atoms with Crippen molar-refractivity contribution in [3.8, 4) is 0 Å². The van der Waals surface area contributed by atoms with Crippen LogP contribution < -0.4 is 5.32 Å². The summed E-state index contributed by atoms with van der Waals surface area (Å²) in [6.07, 6.45) is 3.29. The van der Waals surface area contributed by atoms with Gasteiger partial charge in [0.2, 0.25) is 11.0 Å². The number of carbonyl (C=O) groups is 1. The normalized spacial score (nSPS) is 11.2. The Labute approximate surface area is 150 Å². The van der Waals surface area contributed by atoms with Crippen molar-refractivity contribution in [1.29, 1.82) is 0 Å². The number of amides is 1. The molecule has 1 N–H and O–H groups in total. The number of nitrogens with zero attached hydrogens (tertiary/aromatic N) is 4. The van der Waals surface area contributed by atoms with E-state index in [0.29, 0.717) is 11.7 Å². The molecule has 0 aliphatic rings. The van der Waals surface area contributed by atoms with Crippen molar-refractivity contribution in [2.24, 2.45) is 0 Å². The van der Waals surface area contributed by atoms with Gasteiger partial charge in [-0.3, -0.25) is 14.8 Å². The molecule has 2 aromatic heterocycles. The number of hydrogen-bond acceptors (Lipinski definition) is 5. The molecule has 0 unspecified atom stereocenters. The molecule has 2 heterocycles. The number of nitrogens with one attached hydrogen (secondary N) is 1. The molecule has 1 amide bonds. The van der Waals surface area contributed by atoms with Gasteiger partial charge in [-0.25, -0.2) is 0 Å². The fraction of sp³-hybridized carbons (Fsp3) is 0.222. The van der Waals surface area contributed by atoms with Gasteiger partial charge in [0.15, 0.2) is 0 Å². The smallest absolute Gasteiger partial charge is 0.250 e. The van der Waals surface area contributed by atoms with Gasteiger partial charge in [-0.05, 0) is 32.4 Å². The zero-order valence-corrected chi connectivity index (χ0v) is 15.2. The van der Waals surface area contributed by atoms with Crippen LogP contribution in [0.25, 0.3) is 6.08 Å². The molecule has 7 heteroatoms. The predicted octanol–water partition coefficient (Wildman–Crippen LogP) is 3.36. The van der Waals surface area contributed by atoms with Crippen molar-refractivity contribution in [2.45, 2.75) is 27.3 Å². The zero-order valence-electron chi connectivity index (χ0n) is 14.4. The molecule has 0 aliphatic heterocycles. The standard InChI is InChI=1S/C18H19N5OS/c1-12-4-6-15(7-5-12)10-23-14(3)16(13(2)22-23)8-9-17(24)20-18-21-19-11-25-18/h4-9,11H,10H2,1-3H3,(H,20,21,24)/b9-8+. The van der Waals surface area contributed by atoms with E-state index in [1.807, 2.05) is 18.5 Å². The minimum absolute atomic E-state index is 0.234. The summed E-state index contributed by atoms with van der Waals surface area (Å²) in [5.74, 6) is -0.234. The number of rotatable bonds is 5. The summed E-state index contributed by atoms with van der Waals surface area (Å²) >= 11 is 1.28. The first-order chi connectivity index (χ1) is 12.0. The maximum Gasteiger partial charge on any atom is 0.250 e. The molecule has 3 aromatic rings. The summed E-state index contributed by atoms with van der Waals surface area (Å²) in [5, 5.41) is 15.2. The molecule has 0 radical (unpaired) electrons. The van der Waals surface area contributed by atoms with E-state index in [0.717, 1.165) is 17.0 Å². The Morgan fingerprint density at radius 1 is 1.24 bits per heavy atom. The topological polar surface area (TPSA) is 72.7 Å². The second-order valence-electron chi connectivity index (χ2n) is 5.79. The minimum Gasteiger partial charge on any atom is -0.297 e. The molecule has 1 aromatic carbocycles. The van der Waals surface area contributed by atoms with E-state index in [2.05, 4.69) is 51.8 Å². The molecule has 25 heavy (non-hydrogen) atoms. The summed E-state index contributed by atoms with van der Waals surface area (Å²) in [6, 6.07) is 8.41. The fourth-order valence-corrected chi connectivity index (χ4v) is 2.95. The molecule has 6 nitrogen and oxygen atoms in total. The van der Waals surface area contributed by atoms with Crippen LogP contribution in [-0.2, 0) is 11.3 Å². The highest BCUT2D eigenvalue weighted by molar-refractivity contribution is 7.13. The average molecular weight is 353 g/mol. The largest absolute Gasteiger partial charge is 0.297 e.